The molecule has 4 saturated heterocycles. The van der Waals surface area contributed by atoms with E-state index in [1.807, 2.05) is 14.2 Å². The molecule has 9 aliphatic rings. The van der Waals surface area contributed by atoms with Gasteiger partial charge < -0.3 is 29.4 Å². The van der Waals surface area contributed by atoms with Crippen LogP contribution in [0, 0.1) is 45.8 Å². The molecular weight excluding hydrogens is 737 g/mol. The minimum atomic E-state index is -2.15. The number of fused-ring (bicyclic) bond motifs is 6. The van der Waals surface area contributed by atoms with E-state index in [4.69, 9.17) is 18.9 Å². The number of nitrogens with one attached hydrogen (secondary N) is 1. The molecule has 2 N–H and O–H groups in total. The van der Waals surface area contributed by atoms with Crippen LogP contribution in [0.25, 0.3) is 0 Å². The lowest BCUT2D eigenvalue weighted by molar-refractivity contribution is -0.250. The van der Waals surface area contributed by atoms with E-state index >= 15 is 4.79 Å². The molecule has 6 heterocycles. The van der Waals surface area contributed by atoms with E-state index in [2.05, 4.69) is 52.1 Å². The summed E-state index contributed by atoms with van der Waals surface area (Å²) in [7, 11) is 6.77. The van der Waals surface area contributed by atoms with Crippen molar-refractivity contribution in [2.75, 3.05) is 61.1 Å². The maximum atomic E-state index is 15.5. The zero-order valence-electron chi connectivity index (χ0n) is 36.1. The van der Waals surface area contributed by atoms with Crippen LogP contribution in [0.1, 0.15) is 91.4 Å². The van der Waals surface area contributed by atoms with E-state index in [9.17, 15) is 14.7 Å². The van der Waals surface area contributed by atoms with E-state index in [-0.39, 0.29) is 48.0 Å². The Morgan fingerprint density at radius 1 is 0.966 bits per heavy atom. The van der Waals surface area contributed by atoms with Crippen molar-refractivity contribution in [3.63, 3.8) is 0 Å². The Balaban J connectivity index is 1.24. The number of aliphatic hydroxyl groups is 1. The summed E-state index contributed by atoms with van der Waals surface area (Å²) in [4.78, 5) is 50.4. The molecule has 322 valence electrons. The molecule has 9 rings (SSSR count). The van der Waals surface area contributed by atoms with Crippen LogP contribution in [0.4, 0.5) is 0 Å². The van der Waals surface area contributed by atoms with Gasteiger partial charge in [0.1, 0.15) is 0 Å². The Bertz CT molecular complexity index is 1710. The zero-order chi connectivity index (χ0) is 40.9. The first-order valence-electron chi connectivity index (χ1n) is 22.8. The highest BCUT2D eigenvalue weighted by Crippen LogP contribution is 2.71. The summed E-state index contributed by atoms with van der Waals surface area (Å²) >= 11 is 0. The van der Waals surface area contributed by atoms with Crippen LogP contribution in [-0.4, -0.2) is 147 Å². The predicted octanol–water partition coefficient (Wildman–Crippen LogP) is 3.95. The average molecular weight is 807 g/mol. The summed E-state index contributed by atoms with van der Waals surface area (Å²) < 4.78 is 24.6. The number of nitrogens with zero attached hydrogens (tertiary/aromatic N) is 3. The Labute approximate surface area is 345 Å². The third-order valence-corrected chi connectivity index (χ3v) is 18.2. The lowest BCUT2D eigenvalue weighted by Crippen LogP contribution is -2.80. The molecule has 0 radical (unpaired) electrons. The van der Waals surface area contributed by atoms with Gasteiger partial charge in [0.15, 0.2) is 6.10 Å². The number of rotatable bonds is 7. The second-order valence-electron chi connectivity index (χ2n) is 20.1. The van der Waals surface area contributed by atoms with Crippen LogP contribution in [0.15, 0.2) is 23.8 Å². The van der Waals surface area contributed by atoms with Gasteiger partial charge in [0.05, 0.1) is 31.8 Å². The molecule has 1 spiro atoms. The molecule has 17 atom stereocenters. The van der Waals surface area contributed by atoms with Gasteiger partial charge in [-0.1, -0.05) is 50.5 Å². The summed E-state index contributed by atoms with van der Waals surface area (Å²) in [5.41, 5.74) is -2.99. The zero-order valence-corrected chi connectivity index (χ0v) is 36.1. The van der Waals surface area contributed by atoms with Gasteiger partial charge in [-0.25, -0.2) is 4.79 Å². The molecule has 6 aliphatic heterocycles. The fraction of sp³-hybridized carbons (Fsp3) is 0.848. The van der Waals surface area contributed by atoms with Gasteiger partial charge in [-0.05, 0) is 102 Å². The van der Waals surface area contributed by atoms with Gasteiger partial charge in [-0.15, -0.1) is 0 Å². The van der Waals surface area contributed by atoms with Gasteiger partial charge >= 0.3 is 17.9 Å². The minimum absolute atomic E-state index is 0.00155. The first-order chi connectivity index (χ1) is 27.9. The molecule has 58 heavy (non-hydrogen) atoms. The van der Waals surface area contributed by atoms with Crippen molar-refractivity contribution < 1.29 is 38.4 Å². The number of hydrogen-bond donors (Lipinski definition) is 2. The van der Waals surface area contributed by atoms with Crippen molar-refractivity contribution in [3.8, 4) is 0 Å². The van der Waals surface area contributed by atoms with Crippen LogP contribution in [-0.2, 0) is 33.3 Å². The molecule has 3 aliphatic carbocycles. The van der Waals surface area contributed by atoms with Gasteiger partial charge in [-0.3, -0.25) is 24.3 Å². The molecule has 0 aromatic carbocycles. The van der Waals surface area contributed by atoms with Crippen molar-refractivity contribution in [2.24, 2.45) is 45.8 Å². The number of hydrogen-bond acceptors (Lipinski definition) is 12. The Hall–Kier alpha value is -2.35. The van der Waals surface area contributed by atoms with Gasteiger partial charge in [-0.2, -0.15) is 0 Å². The molecule has 2 bridgehead atoms. The Morgan fingerprint density at radius 2 is 1.74 bits per heavy atom. The van der Waals surface area contributed by atoms with E-state index in [1.165, 1.54) is 38.9 Å². The monoisotopic (exact) mass is 807 g/mol. The third kappa shape index (κ3) is 5.49. The SMILES string of the molecule is CCC1=C[C@@H]2CN(CCC3C4CCCCC4NC3[C@@](C(=O)OC)(C3CC4C(CC3OC)N(C)[C@H]3[C@@](O)(C(=O)OC)[C@H](OC(C)=O)[C@]5(CC)C=CCN6CC[C@]43[C@@H]65)C2)C1. The Morgan fingerprint density at radius 3 is 2.45 bits per heavy atom. The summed E-state index contributed by atoms with van der Waals surface area (Å²) in [6.45, 7) is 10.2. The molecule has 12 nitrogen and oxygen atoms in total. The fourth-order valence-electron chi connectivity index (χ4n) is 16.5. The van der Waals surface area contributed by atoms with Crippen LogP contribution < -0.4 is 5.32 Å². The van der Waals surface area contributed by atoms with Crippen LogP contribution in [0.5, 0.6) is 0 Å². The van der Waals surface area contributed by atoms with Crippen molar-refractivity contribution in [2.45, 2.75) is 139 Å². The number of esters is 3. The highest BCUT2D eigenvalue weighted by Gasteiger charge is 2.83. The lowest BCUT2D eigenvalue weighted by atomic mass is 9.44. The molecule has 9 unspecified atom stereocenters. The maximum absolute atomic E-state index is 15.5. The highest BCUT2D eigenvalue weighted by atomic mass is 16.6. The largest absolute Gasteiger partial charge is 0.469 e. The van der Waals surface area contributed by atoms with Gasteiger partial charge in [0, 0.05) is 74.6 Å². The summed E-state index contributed by atoms with van der Waals surface area (Å²) in [6, 6.07) is -0.533. The molecule has 0 aromatic heterocycles. The first-order valence-corrected chi connectivity index (χ1v) is 22.8. The molecule has 3 saturated carbocycles. The normalized spacial score (nSPS) is 49.4. The second kappa shape index (κ2) is 14.9. The molecule has 0 amide bonds. The number of methoxy groups -OCH3 is 3. The number of likely N-dealkylation sites (N-methyl/N-ethyl adjacent to an activating group) is 1. The quantitative estimate of drug-likeness (QED) is 0.220. The van der Waals surface area contributed by atoms with Gasteiger partial charge in [0.25, 0.3) is 0 Å². The summed E-state index contributed by atoms with van der Waals surface area (Å²) in [5, 5.41) is 17.7. The van der Waals surface area contributed by atoms with Crippen LogP contribution >= 0.6 is 0 Å². The first kappa shape index (κ1) is 41.0. The van der Waals surface area contributed by atoms with Crippen molar-refractivity contribution in [3.05, 3.63) is 23.8 Å². The summed E-state index contributed by atoms with van der Waals surface area (Å²) in [5.74, 6) is -0.541. The third-order valence-electron chi connectivity index (χ3n) is 18.2. The molecule has 7 fully saturated rings. The maximum Gasteiger partial charge on any atom is 0.343 e. The molecular formula is C46H70N4O8. The summed E-state index contributed by atoms with van der Waals surface area (Å²) in [6.07, 6.45) is 15.6. The predicted molar refractivity (Wildman–Crippen MR) is 217 cm³/mol. The van der Waals surface area contributed by atoms with Crippen molar-refractivity contribution >= 4 is 17.9 Å². The molecule has 0 aromatic rings. The van der Waals surface area contributed by atoms with Crippen molar-refractivity contribution in [1.29, 1.82) is 0 Å². The average Bonchev–Trinajstić information content (AvgIpc) is 3.89. The van der Waals surface area contributed by atoms with Gasteiger partial charge in [0.2, 0.25) is 5.60 Å². The molecule has 12 heteroatoms. The second-order valence-corrected chi connectivity index (χ2v) is 20.1. The number of carbonyl (C=O) groups excluding carboxylic acids is 3. The lowest BCUT2D eigenvalue weighted by Gasteiger charge is -2.64. The fourth-order valence-corrected chi connectivity index (χ4v) is 16.5. The van der Waals surface area contributed by atoms with Crippen LogP contribution in [0.3, 0.4) is 0 Å². The van der Waals surface area contributed by atoms with E-state index in [0.29, 0.717) is 43.6 Å². The topological polar surface area (TPSA) is 130 Å². The number of carbonyl (C=O) groups is 3. The van der Waals surface area contributed by atoms with E-state index in [0.717, 1.165) is 58.4 Å². The standard InChI is InChI=1S/C46H70N4O8/c1-8-28-21-29-24-45(41(52)56-6,37-31(15-19-49(25-28)26-29)30-13-10-11-14-34(30)47-37)33-22-32-35(23-36(33)55-5)48(4)39-44(32)17-20-50-18-12-16-43(9-2,38(44)50)40(58-27(3)51)46(39,54)42(53)57-7/h12,16,21,29-40,47,54H,8-11,13-15,17-20,22-26H2,1-7H3/t29-,30?,31?,32?,33?,34?,35?,36?,37?,38-,39+,40+,43+,44+,45-,46-/m0/s1. The van der Waals surface area contributed by atoms with Crippen molar-refractivity contribution in [1.82, 2.24) is 20.0 Å². The van der Waals surface area contributed by atoms with E-state index in [1.54, 1.807) is 7.11 Å². The Kier molecular flexibility index (Phi) is 10.6. The highest BCUT2D eigenvalue weighted by molar-refractivity contribution is 5.83. The number of likely N-dealkylation sites (tertiary alicyclic amines) is 1. The smallest absolute Gasteiger partial charge is 0.343 e. The number of ether oxygens (including phenoxy) is 4. The minimum Gasteiger partial charge on any atom is -0.469 e. The van der Waals surface area contributed by atoms with E-state index < -0.39 is 45.9 Å². The van der Waals surface area contributed by atoms with Crippen LogP contribution in [0.2, 0.25) is 0 Å².